The van der Waals surface area contributed by atoms with Crippen LogP contribution in [0.2, 0.25) is 0 Å². The number of methoxy groups -OCH3 is 1. The third-order valence-electron chi connectivity index (χ3n) is 2.85. The topological polar surface area (TPSA) is 12.5 Å². The van der Waals surface area contributed by atoms with E-state index in [0.717, 1.165) is 17.9 Å². The Morgan fingerprint density at radius 1 is 1.35 bits per heavy atom. The molecule has 0 aliphatic carbocycles. The van der Waals surface area contributed by atoms with Crippen LogP contribution in [0, 0.1) is 12.3 Å². The van der Waals surface area contributed by atoms with Crippen molar-refractivity contribution in [2.75, 3.05) is 21.2 Å². The van der Waals surface area contributed by atoms with E-state index in [1.165, 1.54) is 5.56 Å². The Bertz CT molecular complexity index is 427. The first-order valence-corrected chi connectivity index (χ1v) is 5.70. The summed E-state index contributed by atoms with van der Waals surface area (Å²) >= 11 is 0. The van der Waals surface area contributed by atoms with Crippen LogP contribution >= 0.6 is 0 Å². The summed E-state index contributed by atoms with van der Waals surface area (Å²) in [7, 11) is 5.78. The average molecular weight is 231 g/mol. The number of rotatable bonds is 4. The van der Waals surface area contributed by atoms with Crippen LogP contribution in [0.3, 0.4) is 0 Å². The molecular formula is C15H21NO. The first kappa shape index (κ1) is 13.6. The first-order valence-electron chi connectivity index (χ1n) is 5.70. The van der Waals surface area contributed by atoms with Gasteiger partial charge in [0.05, 0.1) is 12.5 Å². The zero-order valence-electron chi connectivity index (χ0n) is 11.4. The lowest BCUT2D eigenvalue weighted by molar-refractivity contribution is 0.371. The predicted molar refractivity (Wildman–Crippen MR) is 72.2 cm³/mol. The Morgan fingerprint density at radius 2 is 2.00 bits per heavy atom. The highest BCUT2D eigenvalue weighted by molar-refractivity contribution is 5.42. The molecule has 1 aromatic carbocycles. The Labute approximate surface area is 105 Å². The molecule has 0 amide bonds. The van der Waals surface area contributed by atoms with Crippen molar-refractivity contribution in [1.82, 2.24) is 4.90 Å². The summed E-state index contributed by atoms with van der Waals surface area (Å²) in [4.78, 5) is 2.12. The van der Waals surface area contributed by atoms with Crippen LogP contribution < -0.4 is 4.74 Å². The summed E-state index contributed by atoms with van der Waals surface area (Å²) in [5, 5.41) is 0. The van der Waals surface area contributed by atoms with E-state index < -0.39 is 0 Å². The van der Waals surface area contributed by atoms with E-state index in [9.17, 15) is 0 Å². The molecule has 0 heterocycles. The molecule has 0 aromatic heterocycles. The maximum atomic E-state index is 5.57. The van der Waals surface area contributed by atoms with Crippen LogP contribution in [0.25, 0.3) is 0 Å². The summed E-state index contributed by atoms with van der Waals surface area (Å²) in [6, 6.07) is 6.17. The van der Waals surface area contributed by atoms with Crippen molar-refractivity contribution in [3.05, 3.63) is 29.3 Å². The van der Waals surface area contributed by atoms with Crippen molar-refractivity contribution in [3.8, 4) is 18.1 Å². The van der Waals surface area contributed by atoms with E-state index in [1.807, 2.05) is 40.1 Å². The highest BCUT2D eigenvalue weighted by Gasteiger charge is 2.18. The lowest BCUT2D eigenvalue weighted by Crippen LogP contribution is -2.16. The third-order valence-corrected chi connectivity index (χ3v) is 2.85. The molecule has 0 N–H and O–H groups in total. The van der Waals surface area contributed by atoms with Gasteiger partial charge in [-0.05, 0) is 45.6 Å². The van der Waals surface area contributed by atoms with E-state index >= 15 is 0 Å². The molecule has 0 aliphatic rings. The fourth-order valence-electron chi connectivity index (χ4n) is 1.71. The summed E-state index contributed by atoms with van der Waals surface area (Å²) in [6.45, 7) is 4.94. The molecule has 0 bridgehead atoms. The number of benzene rings is 1. The number of terminal acetylenes is 1. The van der Waals surface area contributed by atoms with Gasteiger partial charge < -0.3 is 9.64 Å². The number of hydrogen-bond donors (Lipinski definition) is 0. The lowest BCUT2D eigenvalue weighted by Gasteiger charge is -2.21. The highest BCUT2D eigenvalue weighted by Crippen LogP contribution is 2.28. The van der Waals surface area contributed by atoms with E-state index in [4.69, 9.17) is 11.2 Å². The fourth-order valence-corrected chi connectivity index (χ4v) is 1.71. The van der Waals surface area contributed by atoms with Gasteiger partial charge in [-0.25, -0.2) is 0 Å². The maximum absolute atomic E-state index is 5.57. The third kappa shape index (κ3) is 3.25. The standard InChI is InChI=1S/C15H21NO/c1-7-15(2,3)13-8-9-14(17-6)12(10-13)11-16(4)5/h1,8-10H,11H2,2-6H3. The monoisotopic (exact) mass is 231 g/mol. The molecule has 0 aliphatic heterocycles. The van der Waals surface area contributed by atoms with Gasteiger partial charge in [-0.3, -0.25) is 0 Å². The fraction of sp³-hybridized carbons (Fsp3) is 0.467. The van der Waals surface area contributed by atoms with Gasteiger partial charge in [-0.2, -0.15) is 0 Å². The van der Waals surface area contributed by atoms with Crippen LogP contribution in [0.1, 0.15) is 25.0 Å². The van der Waals surface area contributed by atoms with Crippen LogP contribution in [0.15, 0.2) is 18.2 Å². The molecule has 0 saturated carbocycles. The molecule has 2 nitrogen and oxygen atoms in total. The van der Waals surface area contributed by atoms with Gasteiger partial charge in [0.15, 0.2) is 0 Å². The zero-order chi connectivity index (χ0) is 13.1. The largest absolute Gasteiger partial charge is 0.496 e. The number of ether oxygens (including phenoxy) is 1. The predicted octanol–water partition coefficient (Wildman–Crippen LogP) is 2.67. The van der Waals surface area contributed by atoms with Crippen molar-refractivity contribution in [2.24, 2.45) is 0 Å². The van der Waals surface area contributed by atoms with Crippen molar-refractivity contribution >= 4 is 0 Å². The highest BCUT2D eigenvalue weighted by atomic mass is 16.5. The van der Waals surface area contributed by atoms with Crippen LogP contribution in [-0.4, -0.2) is 26.1 Å². The summed E-state index contributed by atoms with van der Waals surface area (Å²) in [6.07, 6.45) is 5.57. The second-order valence-corrected chi connectivity index (χ2v) is 5.03. The SMILES string of the molecule is C#CC(C)(C)c1ccc(OC)c(CN(C)C)c1. The molecule has 2 heteroatoms. The Kier molecular flexibility index (Phi) is 4.20. The minimum absolute atomic E-state index is 0.243. The smallest absolute Gasteiger partial charge is 0.123 e. The minimum Gasteiger partial charge on any atom is -0.496 e. The zero-order valence-corrected chi connectivity index (χ0v) is 11.4. The van der Waals surface area contributed by atoms with E-state index in [1.54, 1.807) is 7.11 Å². The van der Waals surface area contributed by atoms with Gasteiger partial charge in [0.1, 0.15) is 5.75 Å². The van der Waals surface area contributed by atoms with Gasteiger partial charge in [0, 0.05) is 12.1 Å². The quantitative estimate of drug-likeness (QED) is 0.739. The first-order chi connectivity index (χ1) is 7.90. The minimum atomic E-state index is -0.243. The van der Waals surface area contributed by atoms with Gasteiger partial charge in [-0.1, -0.05) is 12.0 Å². The number of hydrogen-bond acceptors (Lipinski definition) is 2. The average Bonchev–Trinajstić information content (AvgIpc) is 2.28. The van der Waals surface area contributed by atoms with Crippen LogP contribution in [0.5, 0.6) is 5.75 Å². The molecule has 92 valence electrons. The molecule has 0 unspecified atom stereocenters. The summed E-state index contributed by atoms with van der Waals surface area (Å²) in [5.41, 5.74) is 2.07. The van der Waals surface area contributed by atoms with E-state index in [-0.39, 0.29) is 5.41 Å². The van der Waals surface area contributed by atoms with Gasteiger partial charge in [-0.15, -0.1) is 6.42 Å². The molecule has 0 radical (unpaired) electrons. The lowest BCUT2D eigenvalue weighted by atomic mass is 9.84. The molecule has 0 saturated heterocycles. The van der Waals surface area contributed by atoms with E-state index in [2.05, 4.69) is 16.9 Å². The second kappa shape index (κ2) is 5.25. The second-order valence-electron chi connectivity index (χ2n) is 5.03. The van der Waals surface area contributed by atoms with Crippen molar-refractivity contribution in [3.63, 3.8) is 0 Å². The number of nitrogens with zero attached hydrogens (tertiary/aromatic N) is 1. The molecule has 1 rings (SSSR count). The summed E-state index contributed by atoms with van der Waals surface area (Å²) in [5.74, 6) is 3.73. The molecule has 1 aromatic rings. The van der Waals surface area contributed by atoms with Gasteiger partial charge in [0.2, 0.25) is 0 Å². The molecule has 0 fully saturated rings. The molecule has 0 spiro atoms. The van der Waals surface area contributed by atoms with Crippen molar-refractivity contribution in [2.45, 2.75) is 25.8 Å². The maximum Gasteiger partial charge on any atom is 0.123 e. The van der Waals surface area contributed by atoms with Gasteiger partial charge >= 0.3 is 0 Å². The van der Waals surface area contributed by atoms with E-state index in [0.29, 0.717) is 0 Å². The Hall–Kier alpha value is -1.46. The Morgan fingerprint density at radius 3 is 2.47 bits per heavy atom. The normalized spacial score (nSPS) is 11.4. The molecular weight excluding hydrogens is 210 g/mol. The summed E-state index contributed by atoms with van der Waals surface area (Å²) < 4.78 is 5.37. The van der Waals surface area contributed by atoms with Crippen molar-refractivity contribution in [1.29, 1.82) is 0 Å². The van der Waals surface area contributed by atoms with Crippen LogP contribution in [-0.2, 0) is 12.0 Å². The molecule has 17 heavy (non-hydrogen) atoms. The Balaban J connectivity index is 3.18. The van der Waals surface area contributed by atoms with Crippen LogP contribution in [0.4, 0.5) is 0 Å². The molecule has 0 atom stereocenters. The van der Waals surface area contributed by atoms with Gasteiger partial charge in [0.25, 0.3) is 0 Å². The van der Waals surface area contributed by atoms with Crippen molar-refractivity contribution < 1.29 is 4.74 Å².